The standard InChI is InChI=1S/C23H22Br2N4O/c24-18-6-3-4-16(12-18)13-27-10-8-21-19(15-27)22(30)29(23-26-9-11-28(21)23)14-17-5-1-2-7-20(17)25/h1-7,12H,8-11,13-15H2. The molecule has 0 atom stereocenters. The second-order valence-electron chi connectivity index (χ2n) is 7.83. The van der Waals surface area contributed by atoms with Gasteiger partial charge in [-0.15, -0.1) is 0 Å². The Bertz CT molecular complexity index is 1060. The van der Waals surface area contributed by atoms with Gasteiger partial charge in [-0.05, 0) is 29.3 Å². The summed E-state index contributed by atoms with van der Waals surface area (Å²) in [7, 11) is 0. The Morgan fingerprint density at radius 3 is 2.70 bits per heavy atom. The van der Waals surface area contributed by atoms with Crippen molar-refractivity contribution in [3.05, 3.63) is 79.9 Å². The lowest BCUT2D eigenvalue weighted by Gasteiger charge is -2.42. The minimum Gasteiger partial charge on any atom is -0.314 e. The molecule has 0 aliphatic carbocycles. The molecular weight excluding hydrogens is 508 g/mol. The molecule has 2 aromatic carbocycles. The molecule has 7 heteroatoms. The van der Waals surface area contributed by atoms with E-state index in [1.165, 1.54) is 11.3 Å². The molecule has 0 unspecified atom stereocenters. The quantitative estimate of drug-likeness (QED) is 0.589. The first-order chi connectivity index (χ1) is 14.6. The molecule has 0 radical (unpaired) electrons. The van der Waals surface area contributed by atoms with Gasteiger partial charge in [0.05, 0.1) is 18.7 Å². The number of fused-ring (bicyclic) bond motifs is 2. The van der Waals surface area contributed by atoms with E-state index < -0.39 is 0 Å². The van der Waals surface area contributed by atoms with E-state index >= 15 is 0 Å². The third kappa shape index (κ3) is 3.74. The number of hydrogen-bond acceptors (Lipinski definition) is 4. The molecule has 30 heavy (non-hydrogen) atoms. The zero-order valence-corrected chi connectivity index (χ0v) is 19.7. The van der Waals surface area contributed by atoms with E-state index in [-0.39, 0.29) is 5.91 Å². The lowest BCUT2D eigenvalue weighted by atomic mass is 10.00. The van der Waals surface area contributed by atoms with E-state index in [2.05, 4.69) is 70.9 Å². The average molecular weight is 530 g/mol. The van der Waals surface area contributed by atoms with Crippen molar-refractivity contribution in [2.45, 2.75) is 19.5 Å². The summed E-state index contributed by atoms with van der Waals surface area (Å²) in [6, 6.07) is 16.5. The molecule has 2 aromatic rings. The molecule has 0 aromatic heterocycles. The number of benzene rings is 2. The van der Waals surface area contributed by atoms with Crippen LogP contribution < -0.4 is 0 Å². The number of amides is 1. The van der Waals surface area contributed by atoms with Crippen LogP contribution in [-0.2, 0) is 17.9 Å². The maximum absolute atomic E-state index is 13.6. The fraction of sp³-hybridized carbons (Fsp3) is 0.304. The number of aliphatic imine (C=N–C) groups is 1. The fourth-order valence-corrected chi connectivity index (χ4v) is 5.30. The molecular formula is C23H22Br2N4O. The summed E-state index contributed by atoms with van der Waals surface area (Å²) in [5.41, 5.74) is 4.44. The van der Waals surface area contributed by atoms with Gasteiger partial charge in [0.1, 0.15) is 0 Å². The van der Waals surface area contributed by atoms with Crippen molar-refractivity contribution >= 4 is 43.7 Å². The molecule has 3 aliphatic heterocycles. The Labute approximate surface area is 193 Å². The third-order valence-electron chi connectivity index (χ3n) is 5.87. The number of carbonyl (C=O) groups excluding carboxylic acids is 1. The van der Waals surface area contributed by atoms with Crippen LogP contribution in [0.2, 0.25) is 0 Å². The normalized spacial score (nSPS) is 19.1. The summed E-state index contributed by atoms with van der Waals surface area (Å²) in [5.74, 6) is 0.909. The van der Waals surface area contributed by atoms with Gasteiger partial charge in [0.2, 0.25) is 5.96 Å². The van der Waals surface area contributed by atoms with E-state index in [9.17, 15) is 4.79 Å². The summed E-state index contributed by atoms with van der Waals surface area (Å²) in [6.45, 7) is 4.60. The largest absolute Gasteiger partial charge is 0.314 e. The first-order valence-corrected chi connectivity index (χ1v) is 11.7. The zero-order valence-electron chi connectivity index (χ0n) is 16.5. The van der Waals surface area contributed by atoms with Crippen molar-refractivity contribution in [3.8, 4) is 0 Å². The van der Waals surface area contributed by atoms with Crippen LogP contribution in [0, 0.1) is 0 Å². The maximum Gasteiger partial charge on any atom is 0.259 e. The molecule has 5 rings (SSSR count). The maximum atomic E-state index is 13.6. The van der Waals surface area contributed by atoms with Gasteiger partial charge in [0.15, 0.2) is 0 Å². The van der Waals surface area contributed by atoms with Crippen LogP contribution in [0.5, 0.6) is 0 Å². The minimum atomic E-state index is 0.0941. The molecule has 0 N–H and O–H groups in total. The molecule has 0 fully saturated rings. The van der Waals surface area contributed by atoms with Crippen LogP contribution in [0.25, 0.3) is 0 Å². The van der Waals surface area contributed by atoms with Gasteiger partial charge in [-0.3, -0.25) is 19.6 Å². The smallest absolute Gasteiger partial charge is 0.259 e. The van der Waals surface area contributed by atoms with Crippen molar-refractivity contribution in [2.24, 2.45) is 4.99 Å². The third-order valence-corrected chi connectivity index (χ3v) is 7.13. The van der Waals surface area contributed by atoms with Crippen LogP contribution >= 0.6 is 31.9 Å². The molecule has 3 aliphatic rings. The van der Waals surface area contributed by atoms with E-state index in [0.717, 1.165) is 58.6 Å². The van der Waals surface area contributed by atoms with Gasteiger partial charge in [-0.2, -0.15) is 0 Å². The number of carbonyl (C=O) groups is 1. The van der Waals surface area contributed by atoms with Crippen LogP contribution in [-0.4, -0.2) is 52.7 Å². The Kier molecular flexibility index (Phi) is 5.52. The Morgan fingerprint density at radius 2 is 1.87 bits per heavy atom. The van der Waals surface area contributed by atoms with Crippen molar-refractivity contribution in [3.63, 3.8) is 0 Å². The Hall–Kier alpha value is -1.96. The van der Waals surface area contributed by atoms with Crippen molar-refractivity contribution in [2.75, 3.05) is 26.2 Å². The topological polar surface area (TPSA) is 39.2 Å². The predicted octanol–water partition coefficient (Wildman–Crippen LogP) is 4.39. The lowest BCUT2D eigenvalue weighted by Crippen LogP contribution is -2.53. The molecule has 1 amide bonds. The van der Waals surface area contributed by atoms with Gasteiger partial charge in [-0.1, -0.05) is 62.2 Å². The van der Waals surface area contributed by atoms with E-state index in [1.54, 1.807) is 0 Å². The summed E-state index contributed by atoms with van der Waals surface area (Å²) < 4.78 is 2.10. The second kappa shape index (κ2) is 8.29. The van der Waals surface area contributed by atoms with Gasteiger partial charge < -0.3 is 4.90 Å². The first kappa shape index (κ1) is 20.0. The number of halogens is 2. The summed E-state index contributed by atoms with van der Waals surface area (Å²) in [5, 5.41) is 0. The van der Waals surface area contributed by atoms with Gasteiger partial charge >= 0.3 is 0 Å². The van der Waals surface area contributed by atoms with Crippen molar-refractivity contribution in [1.82, 2.24) is 14.7 Å². The van der Waals surface area contributed by atoms with Crippen molar-refractivity contribution in [1.29, 1.82) is 0 Å². The number of guanidine groups is 1. The second-order valence-corrected chi connectivity index (χ2v) is 9.60. The summed E-state index contributed by atoms with van der Waals surface area (Å²) in [4.78, 5) is 24.8. The SMILES string of the molecule is O=C1C2=C(CCN(Cc3cccc(Br)c3)C2)N2CCN=C2N1Cc1ccccc1Br. The fourth-order valence-electron chi connectivity index (χ4n) is 4.44. The summed E-state index contributed by atoms with van der Waals surface area (Å²) >= 11 is 7.18. The molecule has 5 nitrogen and oxygen atoms in total. The molecule has 0 bridgehead atoms. The zero-order chi connectivity index (χ0) is 20.7. The number of hydrogen-bond donors (Lipinski definition) is 0. The van der Waals surface area contributed by atoms with Gasteiger partial charge in [-0.25, -0.2) is 0 Å². The minimum absolute atomic E-state index is 0.0941. The summed E-state index contributed by atoms with van der Waals surface area (Å²) in [6.07, 6.45) is 0.886. The van der Waals surface area contributed by atoms with E-state index in [1.807, 2.05) is 29.2 Å². The first-order valence-electron chi connectivity index (χ1n) is 10.2. The molecule has 0 saturated heterocycles. The molecule has 0 spiro atoms. The number of rotatable bonds is 4. The monoisotopic (exact) mass is 528 g/mol. The highest BCUT2D eigenvalue weighted by atomic mass is 79.9. The van der Waals surface area contributed by atoms with Crippen LogP contribution in [0.4, 0.5) is 0 Å². The Morgan fingerprint density at radius 1 is 1.00 bits per heavy atom. The Balaban J connectivity index is 1.41. The molecule has 3 heterocycles. The van der Waals surface area contributed by atoms with Gasteiger partial charge in [0, 0.05) is 47.2 Å². The van der Waals surface area contributed by atoms with E-state index in [0.29, 0.717) is 13.1 Å². The van der Waals surface area contributed by atoms with Crippen LogP contribution in [0.1, 0.15) is 17.5 Å². The van der Waals surface area contributed by atoms with Crippen LogP contribution in [0.15, 0.2) is 73.7 Å². The van der Waals surface area contributed by atoms with E-state index in [4.69, 9.17) is 0 Å². The average Bonchev–Trinajstić information content (AvgIpc) is 3.22. The van der Waals surface area contributed by atoms with Crippen LogP contribution in [0.3, 0.4) is 0 Å². The van der Waals surface area contributed by atoms with Gasteiger partial charge in [0.25, 0.3) is 5.91 Å². The molecule has 154 valence electrons. The molecule has 0 saturated carbocycles. The lowest BCUT2D eigenvalue weighted by molar-refractivity contribution is -0.125. The van der Waals surface area contributed by atoms with Crippen molar-refractivity contribution < 1.29 is 4.79 Å². The number of nitrogens with zero attached hydrogens (tertiary/aromatic N) is 4. The highest BCUT2D eigenvalue weighted by molar-refractivity contribution is 9.10. The predicted molar refractivity (Wildman–Crippen MR) is 125 cm³/mol. The highest BCUT2D eigenvalue weighted by Crippen LogP contribution is 2.33. The highest BCUT2D eigenvalue weighted by Gasteiger charge is 2.41.